The largest absolute Gasteiger partial charge is 0.389 e. The summed E-state index contributed by atoms with van der Waals surface area (Å²) in [6.45, 7) is 5.74. The Morgan fingerprint density at radius 3 is 2.41 bits per heavy atom. The lowest BCUT2D eigenvalue weighted by atomic mass is 10.2. The maximum atomic E-state index is 10.0. The maximum Gasteiger partial charge on any atom is 0.0976 e. The lowest BCUT2D eigenvalue weighted by molar-refractivity contribution is -0.0397. The van der Waals surface area contributed by atoms with Crippen LogP contribution in [0.5, 0.6) is 0 Å². The normalized spacial score (nSPS) is 33.2. The number of likely N-dealkylation sites (tertiary alicyclic amines) is 1. The molecule has 2 saturated heterocycles. The van der Waals surface area contributed by atoms with Crippen LogP contribution in [0.15, 0.2) is 0 Å². The number of nitrogens with zero attached hydrogens (tertiary/aromatic N) is 1. The van der Waals surface area contributed by atoms with E-state index < -0.39 is 0 Å². The Kier molecular flexibility index (Phi) is 5.49. The topological polar surface area (TPSA) is 32.7 Å². The van der Waals surface area contributed by atoms with Crippen molar-refractivity contribution in [2.75, 3.05) is 36.1 Å². The summed E-state index contributed by atoms with van der Waals surface area (Å²) in [5.74, 6) is 4.94. The molecule has 0 bridgehead atoms. The zero-order chi connectivity index (χ0) is 12.3. The van der Waals surface area contributed by atoms with E-state index in [9.17, 15) is 5.11 Å². The third kappa shape index (κ3) is 4.03. The van der Waals surface area contributed by atoms with Gasteiger partial charge in [0, 0.05) is 42.1 Å². The van der Waals surface area contributed by atoms with Gasteiger partial charge in [-0.1, -0.05) is 0 Å². The highest BCUT2D eigenvalue weighted by Gasteiger charge is 2.36. The summed E-state index contributed by atoms with van der Waals surface area (Å²) in [5.41, 5.74) is 0. The smallest absolute Gasteiger partial charge is 0.0976 e. The molecule has 0 aliphatic carbocycles. The van der Waals surface area contributed by atoms with E-state index >= 15 is 0 Å². The zero-order valence-corrected chi connectivity index (χ0v) is 12.3. The fourth-order valence-corrected chi connectivity index (χ4v) is 5.01. The number of rotatable bonds is 3. The molecule has 17 heavy (non-hydrogen) atoms. The Morgan fingerprint density at radius 1 is 1.18 bits per heavy atom. The number of aliphatic hydroxyl groups is 1. The van der Waals surface area contributed by atoms with E-state index in [1.54, 1.807) is 0 Å². The zero-order valence-electron chi connectivity index (χ0n) is 10.7. The quantitative estimate of drug-likeness (QED) is 0.841. The minimum absolute atomic E-state index is 0.00764. The minimum atomic E-state index is -0.310. The number of ether oxygens (including phenoxy) is 1. The van der Waals surface area contributed by atoms with Crippen molar-refractivity contribution in [2.24, 2.45) is 0 Å². The van der Waals surface area contributed by atoms with Crippen molar-refractivity contribution in [2.45, 2.75) is 38.2 Å². The van der Waals surface area contributed by atoms with Crippen molar-refractivity contribution in [3.05, 3.63) is 0 Å². The van der Waals surface area contributed by atoms with E-state index in [1.165, 1.54) is 23.0 Å². The summed E-state index contributed by atoms with van der Waals surface area (Å²) in [4.78, 5) is 2.42. The molecule has 0 unspecified atom stereocenters. The van der Waals surface area contributed by atoms with Gasteiger partial charge in [0.2, 0.25) is 0 Å². The number of hydrogen-bond acceptors (Lipinski definition) is 5. The molecule has 2 aliphatic rings. The molecule has 1 N–H and O–H groups in total. The molecule has 0 aromatic carbocycles. The Bertz CT molecular complexity index is 233. The second-order valence-electron chi connectivity index (χ2n) is 5.05. The molecule has 2 fully saturated rings. The Morgan fingerprint density at radius 2 is 1.82 bits per heavy atom. The van der Waals surface area contributed by atoms with Crippen molar-refractivity contribution in [3.8, 4) is 0 Å². The van der Waals surface area contributed by atoms with Crippen LogP contribution in [0.4, 0.5) is 0 Å². The lowest BCUT2D eigenvalue weighted by Gasteiger charge is -2.25. The van der Waals surface area contributed by atoms with Crippen LogP contribution in [-0.4, -0.2) is 70.5 Å². The predicted molar refractivity (Wildman–Crippen MR) is 76.0 cm³/mol. The summed E-state index contributed by atoms with van der Waals surface area (Å²) in [6, 6.07) is 0.614. The summed E-state index contributed by atoms with van der Waals surface area (Å²) in [5, 5.41) is 10.0. The molecule has 0 aromatic heterocycles. The first-order chi connectivity index (χ1) is 8.16. The molecule has 2 aliphatic heterocycles. The summed E-state index contributed by atoms with van der Waals surface area (Å²) in [7, 11) is 0. The number of thioether (sulfide) groups is 2. The maximum absolute atomic E-state index is 10.0. The molecule has 2 heterocycles. The van der Waals surface area contributed by atoms with Crippen molar-refractivity contribution in [1.82, 2.24) is 4.90 Å². The first kappa shape index (κ1) is 14.0. The second-order valence-corrected chi connectivity index (χ2v) is 7.35. The fourth-order valence-electron chi connectivity index (χ4n) is 2.38. The van der Waals surface area contributed by atoms with Crippen LogP contribution in [0.25, 0.3) is 0 Å². The van der Waals surface area contributed by atoms with Crippen LogP contribution in [-0.2, 0) is 4.74 Å². The Balaban J connectivity index is 1.86. The van der Waals surface area contributed by atoms with Gasteiger partial charge in [0.05, 0.1) is 18.3 Å². The fraction of sp³-hybridized carbons (Fsp3) is 1.00. The summed E-state index contributed by atoms with van der Waals surface area (Å²) >= 11 is 4.08. The molecule has 0 spiro atoms. The van der Waals surface area contributed by atoms with Crippen molar-refractivity contribution in [1.29, 1.82) is 0 Å². The van der Waals surface area contributed by atoms with Crippen molar-refractivity contribution >= 4 is 23.5 Å². The average molecular weight is 277 g/mol. The van der Waals surface area contributed by atoms with E-state index in [4.69, 9.17) is 4.74 Å². The molecular formula is C12H23NO2S2. The second kappa shape index (κ2) is 6.66. The molecule has 2 atom stereocenters. The van der Waals surface area contributed by atoms with Crippen LogP contribution in [0.2, 0.25) is 0 Å². The molecule has 0 amide bonds. The van der Waals surface area contributed by atoms with Gasteiger partial charge in [-0.3, -0.25) is 4.90 Å². The standard InChI is InChI=1S/C12H23NO2S2/c1-9(2)15-12-6-13(5-11(12)14)10-7-16-3-4-17-8-10/h9-12,14H,3-8H2,1-2H3/t11-,12-/m0/s1. The molecule has 100 valence electrons. The SMILES string of the molecule is CC(C)O[C@H]1CN(C2CSCCSC2)C[C@@H]1O. The first-order valence-corrected chi connectivity index (χ1v) is 8.71. The van der Waals surface area contributed by atoms with Crippen molar-refractivity contribution < 1.29 is 9.84 Å². The highest BCUT2D eigenvalue weighted by molar-refractivity contribution is 8.03. The molecular weight excluding hydrogens is 254 g/mol. The highest BCUT2D eigenvalue weighted by Crippen LogP contribution is 2.25. The van der Waals surface area contributed by atoms with E-state index in [0.29, 0.717) is 6.04 Å². The van der Waals surface area contributed by atoms with Crippen LogP contribution in [0, 0.1) is 0 Å². The monoisotopic (exact) mass is 277 g/mol. The predicted octanol–water partition coefficient (Wildman–Crippen LogP) is 1.31. The molecule has 0 saturated carbocycles. The highest BCUT2D eigenvalue weighted by atomic mass is 32.2. The number of β-amino-alcohol motifs (C(OH)–C–C–N with tert-alkyl or cyclic N) is 1. The number of hydrogen-bond donors (Lipinski definition) is 1. The van der Waals surface area contributed by atoms with Crippen LogP contribution >= 0.6 is 23.5 Å². The third-order valence-electron chi connectivity index (χ3n) is 3.22. The van der Waals surface area contributed by atoms with Gasteiger partial charge in [0.25, 0.3) is 0 Å². The van der Waals surface area contributed by atoms with Crippen LogP contribution < -0.4 is 0 Å². The average Bonchev–Trinajstić information content (AvgIpc) is 2.54. The lowest BCUT2D eigenvalue weighted by Crippen LogP contribution is -2.38. The van der Waals surface area contributed by atoms with Crippen molar-refractivity contribution in [3.63, 3.8) is 0 Å². The van der Waals surface area contributed by atoms with Gasteiger partial charge in [0.15, 0.2) is 0 Å². The van der Waals surface area contributed by atoms with Gasteiger partial charge in [-0.05, 0) is 13.8 Å². The van der Waals surface area contributed by atoms with E-state index in [1.807, 2.05) is 37.4 Å². The number of aliphatic hydroxyl groups excluding tert-OH is 1. The first-order valence-electron chi connectivity index (χ1n) is 6.40. The third-order valence-corrected chi connectivity index (χ3v) is 5.71. The van der Waals surface area contributed by atoms with Gasteiger partial charge < -0.3 is 9.84 Å². The Hall–Kier alpha value is 0.580. The molecule has 3 nitrogen and oxygen atoms in total. The van der Waals surface area contributed by atoms with Gasteiger partial charge in [0.1, 0.15) is 0 Å². The van der Waals surface area contributed by atoms with E-state index in [-0.39, 0.29) is 18.3 Å². The van der Waals surface area contributed by atoms with E-state index in [0.717, 1.165) is 13.1 Å². The van der Waals surface area contributed by atoms with Gasteiger partial charge >= 0.3 is 0 Å². The van der Waals surface area contributed by atoms with Crippen LogP contribution in [0.1, 0.15) is 13.8 Å². The van der Waals surface area contributed by atoms with Crippen LogP contribution in [0.3, 0.4) is 0 Å². The molecule has 0 radical (unpaired) electrons. The molecule has 2 rings (SSSR count). The van der Waals surface area contributed by atoms with Gasteiger partial charge in [-0.15, -0.1) is 0 Å². The summed E-state index contributed by atoms with van der Waals surface area (Å²) in [6.07, 6.45) is -0.101. The minimum Gasteiger partial charge on any atom is -0.389 e. The molecule has 5 heteroatoms. The molecule has 0 aromatic rings. The Labute approximate surface area is 113 Å². The van der Waals surface area contributed by atoms with E-state index in [2.05, 4.69) is 4.90 Å². The van der Waals surface area contributed by atoms with Gasteiger partial charge in [-0.25, -0.2) is 0 Å². The van der Waals surface area contributed by atoms with Gasteiger partial charge in [-0.2, -0.15) is 23.5 Å². The summed E-state index contributed by atoms with van der Waals surface area (Å²) < 4.78 is 5.77.